The van der Waals surface area contributed by atoms with E-state index in [4.69, 9.17) is 16.6 Å². The fourth-order valence-corrected chi connectivity index (χ4v) is 3.18. The summed E-state index contributed by atoms with van der Waals surface area (Å²) in [7, 11) is 0. The highest BCUT2D eigenvalue weighted by Gasteiger charge is 2.44. The lowest BCUT2D eigenvalue weighted by Gasteiger charge is -2.34. The maximum atomic E-state index is 12.1. The average molecular weight is 350 g/mol. The van der Waals surface area contributed by atoms with Crippen LogP contribution in [0.25, 0.3) is 5.57 Å². The summed E-state index contributed by atoms with van der Waals surface area (Å²) < 4.78 is 0. The number of benzene rings is 2. The number of nitrogens with two attached hydrogens (primary N) is 2. The Kier molecular flexibility index (Phi) is 4.36. The summed E-state index contributed by atoms with van der Waals surface area (Å²) in [5.41, 5.74) is 12.8. The normalized spacial score (nSPS) is 21.9. The topological polar surface area (TPSA) is 127 Å². The Balaban J connectivity index is 2.02. The fourth-order valence-electron chi connectivity index (χ4n) is 3.18. The van der Waals surface area contributed by atoms with Crippen LogP contribution in [0.4, 0.5) is 5.69 Å². The molecule has 0 saturated carbocycles. The zero-order chi connectivity index (χ0) is 18.9. The van der Waals surface area contributed by atoms with Gasteiger partial charge in [0, 0.05) is 11.7 Å². The van der Waals surface area contributed by atoms with Crippen LogP contribution in [0.3, 0.4) is 0 Å². The van der Waals surface area contributed by atoms with Gasteiger partial charge >= 0.3 is 11.9 Å². The van der Waals surface area contributed by atoms with Gasteiger partial charge in [-0.2, -0.15) is 0 Å². The second-order valence-corrected chi connectivity index (χ2v) is 6.13. The first-order chi connectivity index (χ1) is 12.4. The molecule has 2 atom stereocenters. The van der Waals surface area contributed by atoms with Crippen LogP contribution in [-0.4, -0.2) is 28.2 Å². The quantitative estimate of drug-likeness (QED) is 0.627. The SMILES string of the molecule is Nc1cc(C2=CC(N)C(C(=O)O)(c3ccccc3)C=C2)ccc1C(=O)O. The molecule has 6 heteroatoms. The maximum Gasteiger partial charge on any atom is 0.337 e. The lowest BCUT2D eigenvalue weighted by molar-refractivity contribution is -0.142. The molecule has 3 rings (SSSR count). The predicted molar refractivity (Wildman–Crippen MR) is 98.7 cm³/mol. The highest BCUT2D eigenvalue weighted by molar-refractivity contribution is 5.95. The van der Waals surface area contributed by atoms with Crippen LogP contribution < -0.4 is 11.5 Å². The standard InChI is InChI=1S/C20H18N2O4/c21-16-10-12(6-7-15(16)18(23)24)13-8-9-20(19(25)26,17(22)11-13)14-4-2-1-3-5-14/h1-11,17H,21-22H2,(H,23,24)(H,25,26). The predicted octanol–water partition coefficient (Wildman–Crippen LogP) is 2.27. The molecule has 2 unspecified atom stereocenters. The summed E-state index contributed by atoms with van der Waals surface area (Å²) >= 11 is 0. The van der Waals surface area contributed by atoms with Crippen molar-refractivity contribution in [2.24, 2.45) is 5.73 Å². The first-order valence-corrected chi connectivity index (χ1v) is 7.95. The van der Waals surface area contributed by atoms with E-state index in [9.17, 15) is 14.7 Å². The molecule has 0 fully saturated rings. The Labute approximate surface area is 150 Å². The molecule has 0 saturated heterocycles. The van der Waals surface area contributed by atoms with Crippen LogP contribution in [0, 0.1) is 0 Å². The highest BCUT2D eigenvalue weighted by atomic mass is 16.4. The van der Waals surface area contributed by atoms with Crippen LogP contribution in [0.5, 0.6) is 0 Å². The number of hydrogen-bond acceptors (Lipinski definition) is 4. The molecule has 0 aliphatic heterocycles. The molecule has 26 heavy (non-hydrogen) atoms. The summed E-state index contributed by atoms with van der Waals surface area (Å²) in [5, 5.41) is 18.9. The maximum absolute atomic E-state index is 12.1. The third-order valence-electron chi connectivity index (χ3n) is 4.63. The highest BCUT2D eigenvalue weighted by Crippen LogP contribution is 2.36. The molecule has 0 heterocycles. The second-order valence-electron chi connectivity index (χ2n) is 6.13. The minimum Gasteiger partial charge on any atom is -0.480 e. The van der Waals surface area contributed by atoms with Gasteiger partial charge in [-0.1, -0.05) is 54.6 Å². The molecule has 1 aliphatic rings. The summed E-state index contributed by atoms with van der Waals surface area (Å²) in [4.78, 5) is 23.1. The van der Waals surface area contributed by atoms with Crippen LogP contribution in [0.15, 0.2) is 66.8 Å². The molecule has 6 nitrogen and oxygen atoms in total. The molecule has 0 spiro atoms. The molecule has 2 aromatic rings. The van der Waals surface area contributed by atoms with Gasteiger partial charge < -0.3 is 21.7 Å². The van der Waals surface area contributed by atoms with Crippen LogP contribution in [-0.2, 0) is 10.2 Å². The number of rotatable bonds is 4. The van der Waals surface area contributed by atoms with E-state index in [2.05, 4.69) is 0 Å². The first-order valence-electron chi connectivity index (χ1n) is 7.95. The van der Waals surface area contributed by atoms with Crippen molar-refractivity contribution in [3.8, 4) is 0 Å². The number of hydrogen-bond donors (Lipinski definition) is 4. The average Bonchev–Trinajstić information content (AvgIpc) is 2.61. The number of carbonyl (C=O) groups is 2. The Morgan fingerprint density at radius 3 is 2.27 bits per heavy atom. The van der Waals surface area contributed by atoms with E-state index in [-0.39, 0.29) is 11.3 Å². The van der Waals surface area contributed by atoms with Crippen molar-refractivity contribution in [2.45, 2.75) is 11.5 Å². The number of allylic oxidation sites excluding steroid dienone is 2. The largest absolute Gasteiger partial charge is 0.480 e. The molecule has 2 aromatic carbocycles. The van der Waals surface area contributed by atoms with Crippen LogP contribution in [0.1, 0.15) is 21.5 Å². The van der Waals surface area contributed by atoms with Gasteiger partial charge in [0.1, 0.15) is 5.41 Å². The number of anilines is 1. The summed E-state index contributed by atoms with van der Waals surface area (Å²) in [6.07, 6.45) is 4.92. The molecule has 0 aromatic heterocycles. The lowest BCUT2D eigenvalue weighted by atomic mass is 9.70. The van der Waals surface area contributed by atoms with E-state index in [1.807, 2.05) is 6.07 Å². The van der Waals surface area contributed by atoms with Gasteiger partial charge in [0.25, 0.3) is 0 Å². The fraction of sp³-hybridized carbons (Fsp3) is 0.100. The van der Waals surface area contributed by atoms with E-state index in [1.54, 1.807) is 54.6 Å². The van der Waals surface area contributed by atoms with E-state index in [1.165, 1.54) is 6.07 Å². The molecule has 0 bridgehead atoms. The van der Waals surface area contributed by atoms with Crippen LogP contribution in [0.2, 0.25) is 0 Å². The molecular formula is C20H18N2O4. The van der Waals surface area contributed by atoms with E-state index >= 15 is 0 Å². The Bertz CT molecular complexity index is 934. The minimum atomic E-state index is -1.36. The van der Waals surface area contributed by atoms with Gasteiger partial charge in [0.2, 0.25) is 0 Å². The van der Waals surface area contributed by atoms with Crippen LogP contribution >= 0.6 is 0 Å². The summed E-state index contributed by atoms with van der Waals surface area (Å²) in [6.45, 7) is 0. The van der Waals surface area contributed by atoms with Crippen molar-refractivity contribution in [1.82, 2.24) is 0 Å². The van der Waals surface area contributed by atoms with Gasteiger partial charge in [0.05, 0.1) is 5.56 Å². The lowest BCUT2D eigenvalue weighted by Crippen LogP contribution is -2.50. The molecule has 0 radical (unpaired) electrons. The van der Waals surface area contributed by atoms with Gasteiger partial charge in [-0.3, -0.25) is 4.79 Å². The minimum absolute atomic E-state index is 0.0163. The Morgan fingerprint density at radius 1 is 1.04 bits per heavy atom. The Morgan fingerprint density at radius 2 is 1.73 bits per heavy atom. The van der Waals surface area contributed by atoms with Crippen molar-refractivity contribution < 1.29 is 19.8 Å². The zero-order valence-electron chi connectivity index (χ0n) is 13.8. The van der Waals surface area contributed by atoms with Gasteiger partial charge in [-0.05, 0) is 28.8 Å². The van der Waals surface area contributed by atoms with E-state index < -0.39 is 23.4 Å². The molecule has 1 aliphatic carbocycles. The summed E-state index contributed by atoms with van der Waals surface area (Å²) in [5.74, 6) is -2.14. The summed E-state index contributed by atoms with van der Waals surface area (Å²) in [6, 6.07) is 12.6. The molecule has 132 valence electrons. The monoisotopic (exact) mass is 350 g/mol. The van der Waals surface area contributed by atoms with Gasteiger partial charge in [-0.15, -0.1) is 0 Å². The van der Waals surface area contributed by atoms with Gasteiger partial charge in [0.15, 0.2) is 0 Å². The van der Waals surface area contributed by atoms with E-state index in [0.717, 1.165) is 0 Å². The third kappa shape index (κ3) is 2.76. The number of nitrogen functional groups attached to an aromatic ring is 1. The van der Waals surface area contributed by atoms with Crippen molar-refractivity contribution in [3.63, 3.8) is 0 Å². The molecule has 6 N–H and O–H groups in total. The van der Waals surface area contributed by atoms with Crippen molar-refractivity contribution in [2.75, 3.05) is 5.73 Å². The number of aliphatic carboxylic acids is 1. The van der Waals surface area contributed by atoms with E-state index in [0.29, 0.717) is 16.7 Å². The Hall–Kier alpha value is -3.38. The third-order valence-corrected chi connectivity index (χ3v) is 4.63. The van der Waals surface area contributed by atoms with Crippen molar-refractivity contribution in [1.29, 1.82) is 0 Å². The van der Waals surface area contributed by atoms with Gasteiger partial charge in [-0.25, -0.2) is 4.79 Å². The first kappa shape index (κ1) is 17.4. The molecule has 0 amide bonds. The van der Waals surface area contributed by atoms with Crippen molar-refractivity contribution >= 4 is 23.2 Å². The molecular weight excluding hydrogens is 332 g/mol. The number of aromatic carboxylic acids is 1. The number of carboxylic acid groups (broad SMARTS) is 2. The second kappa shape index (κ2) is 6.50. The zero-order valence-corrected chi connectivity index (χ0v) is 13.8. The number of carboxylic acids is 2. The van der Waals surface area contributed by atoms with Crippen molar-refractivity contribution in [3.05, 3.63) is 83.4 Å². The smallest absolute Gasteiger partial charge is 0.337 e.